The first-order chi connectivity index (χ1) is 9.94. The van der Waals surface area contributed by atoms with Crippen molar-refractivity contribution in [3.63, 3.8) is 0 Å². The summed E-state index contributed by atoms with van der Waals surface area (Å²) in [5, 5.41) is 3.24. The molecule has 2 nitrogen and oxygen atoms in total. The summed E-state index contributed by atoms with van der Waals surface area (Å²) in [6, 6.07) is 6.80. The van der Waals surface area contributed by atoms with E-state index in [2.05, 4.69) is 12.2 Å². The number of hydrogen-bond donors (Lipinski definition) is 1. The summed E-state index contributed by atoms with van der Waals surface area (Å²) in [4.78, 5) is 0. The Bertz CT molecular complexity index is 439. The lowest BCUT2D eigenvalue weighted by Crippen LogP contribution is -2.22. The molecule has 0 amide bonds. The highest BCUT2D eigenvalue weighted by molar-refractivity contribution is 5.56. The van der Waals surface area contributed by atoms with Crippen molar-refractivity contribution in [3.05, 3.63) is 24.3 Å². The maximum absolute atomic E-state index is 12.2. The van der Waals surface area contributed by atoms with E-state index in [0.717, 1.165) is 12.5 Å². The fourth-order valence-electron chi connectivity index (χ4n) is 2.69. The Balaban J connectivity index is 1.87. The Labute approximate surface area is 123 Å². The van der Waals surface area contributed by atoms with Crippen molar-refractivity contribution in [3.8, 4) is 5.75 Å². The van der Waals surface area contributed by atoms with Crippen LogP contribution in [0.5, 0.6) is 5.75 Å². The molecule has 0 saturated heterocycles. The highest BCUT2D eigenvalue weighted by Gasteiger charge is 2.28. The Hall–Kier alpha value is -1.39. The smallest absolute Gasteiger partial charge is 0.422 e. The van der Waals surface area contributed by atoms with Crippen LogP contribution in [0.3, 0.4) is 0 Å². The maximum Gasteiger partial charge on any atom is 0.422 e. The highest BCUT2D eigenvalue weighted by atomic mass is 19.4. The number of nitrogens with one attached hydrogen (secondary N) is 1. The van der Waals surface area contributed by atoms with E-state index in [1.54, 1.807) is 24.3 Å². The van der Waals surface area contributed by atoms with E-state index in [1.807, 2.05) is 0 Å². The van der Waals surface area contributed by atoms with Crippen LogP contribution in [0.15, 0.2) is 24.3 Å². The molecule has 0 radical (unpaired) electrons. The normalized spacial score (nSPS) is 22.9. The molecule has 0 unspecified atom stereocenters. The second-order valence-electron chi connectivity index (χ2n) is 5.91. The maximum atomic E-state index is 12.2. The molecule has 0 aliphatic heterocycles. The van der Waals surface area contributed by atoms with Gasteiger partial charge in [-0.1, -0.05) is 31.9 Å². The second kappa shape index (κ2) is 7.05. The van der Waals surface area contributed by atoms with Gasteiger partial charge in [0.15, 0.2) is 6.61 Å². The number of para-hydroxylation sites is 2. The average molecular weight is 301 g/mol. The van der Waals surface area contributed by atoms with E-state index in [9.17, 15) is 13.2 Å². The molecule has 2 rings (SSSR count). The van der Waals surface area contributed by atoms with Gasteiger partial charge in [0.25, 0.3) is 0 Å². The summed E-state index contributed by atoms with van der Waals surface area (Å²) in [7, 11) is 0. The number of benzene rings is 1. The largest absolute Gasteiger partial charge is 0.482 e. The topological polar surface area (TPSA) is 21.3 Å². The van der Waals surface area contributed by atoms with Gasteiger partial charge in [-0.05, 0) is 36.8 Å². The lowest BCUT2D eigenvalue weighted by molar-refractivity contribution is -0.153. The zero-order valence-corrected chi connectivity index (χ0v) is 12.2. The van der Waals surface area contributed by atoms with Crippen LogP contribution in [0, 0.1) is 11.8 Å². The van der Waals surface area contributed by atoms with Crippen molar-refractivity contribution in [1.82, 2.24) is 0 Å². The van der Waals surface area contributed by atoms with Gasteiger partial charge in [0.1, 0.15) is 5.75 Å². The van der Waals surface area contributed by atoms with Crippen LogP contribution in [0.1, 0.15) is 32.6 Å². The number of alkyl halides is 3. The first-order valence-electron chi connectivity index (χ1n) is 7.46. The lowest BCUT2D eigenvalue weighted by atomic mass is 9.83. The predicted octanol–water partition coefficient (Wildman–Crippen LogP) is 4.87. The molecule has 1 N–H and O–H groups in total. The standard InChI is InChI=1S/C16H22F3NO/c1-12-6-8-13(9-7-12)10-20-14-4-2-3-5-15(14)21-11-16(17,18)19/h2-5,12-13,20H,6-11H2,1H3. The molecule has 21 heavy (non-hydrogen) atoms. The summed E-state index contributed by atoms with van der Waals surface area (Å²) in [6.07, 6.45) is 0.517. The Morgan fingerprint density at radius 2 is 1.81 bits per heavy atom. The van der Waals surface area contributed by atoms with Gasteiger partial charge in [-0.25, -0.2) is 0 Å². The molecule has 1 aliphatic rings. The van der Waals surface area contributed by atoms with Crippen LogP contribution in [0.4, 0.5) is 18.9 Å². The number of anilines is 1. The Morgan fingerprint density at radius 3 is 2.48 bits per heavy atom. The van der Waals surface area contributed by atoms with Crippen LogP contribution in [-0.2, 0) is 0 Å². The van der Waals surface area contributed by atoms with E-state index in [4.69, 9.17) is 4.74 Å². The predicted molar refractivity (Wildman–Crippen MR) is 77.6 cm³/mol. The lowest BCUT2D eigenvalue weighted by Gasteiger charge is -2.27. The Morgan fingerprint density at radius 1 is 1.14 bits per heavy atom. The van der Waals surface area contributed by atoms with Gasteiger partial charge in [0.05, 0.1) is 5.69 Å². The molecule has 0 aromatic heterocycles. The minimum Gasteiger partial charge on any atom is -0.482 e. The number of ether oxygens (including phenoxy) is 1. The van der Waals surface area contributed by atoms with Gasteiger partial charge in [-0.15, -0.1) is 0 Å². The molecule has 1 aliphatic carbocycles. The van der Waals surface area contributed by atoms with Crippen LogP contribution >= 0.6 is 0 Å². The molecule has 0 heterocycles. The van der Waals surface area contributed by atoms with Crippen LogP contribution in [0.2, 0.25) is 0 Å². The highest BCUT2D eigenvalue weighted by Crippen LogP contribution is 2.30. The summed E-state index contributed by atoms with van der Waals surface area (Å²) < 4.78 is 41.6. The third-order valence-electron chi connectivity index (χ3n) is 4.00. The van der Waals surface area contributed by atoms with Gasteiger partial charge in [-0.3, -0.25) is 0 Å². The third-order valence-corrected chi connectivity index (χ3v) is 4.00. The molecule has 0 atom stereocenters. The second-order valence-corrected chi connectivity index (χ2v) is 5.91. The van der Waals surface area contributed by atoms with E-state index in [0.29, 0.717) is 11.6 Å². The molecule has 1 aromatic rings. The molecule has 0 bridgehead atoms. The molecule has 1 aromatic carbocycles. The minimum atomic E-state index is -4.31. The van der Waals surface area contributed by atoms with Crippen molar-refractivity contribution in [1.29, 1.82) is 0 Å². The van der Waals surface area contributed by atoms with Gasteiger partial charge in [-0.2, -0.15) is 13.2 Å². The zero-order valence-electron chi connectivity index (χ0n) is 12.2. The molecule has 1 saturated carbocycles. The fraction of sp³-hybridized carbons (Fsp3) is 0.625. The quantitative estimate of drug-likeness (QED) is 0.838. The summed E-state index contributed by atoms with van der Waals surface area (Å²) in [5.41, 5.74) is 0.639. The summed E-state index contributed by atoms with van der Waals surface area (Å²) in [6.45, 7) is 1.80. The van der Waals surface area contributed by atoms with Crippen molar-refractivity contribution in [2.24, 2.45) is 11.8 Å². The monoisotopic (exact) mass is 301 g/mol. The molecular formula is C16H22F3NO. The van der Waals surface area contributed by atoms with E-state index in [1.165, 1.54) is 25.7 Å². The summed E-state index contributed by atoms with van der Waals surface area (Å²) in [5.74, 6) is 1.65. The van der Waals surface area contributed by atoms with Crippen molar-refractivity contribution >= 4 is 5.69 Å². The fourth-order valence-corrected chi connectivity index (χ4v) is 2.69. The SMILES string of the molecule is CC1CCC(CNc2ccccc2OCC(F)(F)F)CC1. The summed E-state index contributed by atoms with van der Waals surface area (Å²) >= 11 is 0. The number of hydrogen-bond acceptors (Lipinski definition) is 2. The molecule has 118 valence electrons. The average Bonchev–Trinajstić information content (AvgIpc) is 2.44. The van der Waals surface area contributed by atoms with Gasteiger partial charge in [0, 0.05) is 6.54 Å². The first-order valence-corrected chi connectivity index (χ1v) is 7.46. The van der Waals surface area contributed by atoms with Crippen LogP contribution < -0.4 is 10.1 Å². The van der Waals surface area contributed by atoms with Crippen molar-refractivity contribution in [2.75, 3.05) is 18.5 Å². The number of halogens is 3. The van der Waals surface area contributed by atoms with Crippen LogP contribution in [0.25, 0.3) is 0 Å². The molecular weight excluding hydrogens is 279 g/mol. The minimum absolute atomic E-state index is 0.263. The van der Waals surface area contributed by atoms with Gasteiger partial charge < -0.3 is 10.1 Å². The first kappa shape index (κ1) is 16.0. The number of rotatable bonds is 5. The van der Waals surface area contributed by atoms with E-state index in [-0.39, 0.29) is 5.75 Å². The molecule has 1 fully saturated rings. The molecule has 0 spiro atoms. The van der Waals surface area contributed by atoms with E-state index < -0.39 is 12.8 Å². The van der Waals surface area contributed by atoms with Crippen molar-refractivity contribution in [2.45, 2.75) is 38.8 Å². The Kier molecular flexibility index (Phi) is 5.37. The van der Waals surface area contributed by atoms with Gasteiger partial charge >= 0.3 is 6.18 Å². The molecule has 5 heteroatoms. The van der Waals surface area contributed by atoms with Crippen LogP contribution in [-0.4, -0.2) is 19.3 Å². The zero-order chi connectivity index (χ0) is 15.3. The van der Waals surface area contributed by atoms with E-state index >= 15 is 0 Å². The third kappa shape index (κ3) is 5.48. The van der Waals surface area contributed by atoms with Gasteiger partial charge in [0.2, 0.25) is 0 Å². The van der Waals surface area contributed by atoms with Crippen molar-refractivity contribution < 1.29 is 17.9 Å².